The van der Waals surface area contributed by atoms with Gasteiger partial charge in [-0.05, 0) is 64.5 Å². The number of thiocarbonyl (C=S) groups is 1. The second kappa shape index (κ2) is 10.6. The number of rotatable bonds is 6. The summed E-state index contributed by atoms with van der Waals surface area (Å²) >= 11 is 26.5. The number of hydrogen-bond acceptors (Lipinski definition) is 4. The summed E-state index contributed by atoms with van der Waals surface area (Å²) in [5, 5.41) is 8.36. The van der Waals surface area contributed by atoms with Gasteiger partial charge in [0.2, 0.25) is 3.79 Å². The Kier molecular flexibility index (Phi) is 8.69. The number of carbonyl (C=O) groups excluding carboxylic acids is 2. The van der Waals surface area contributed by atoms with Crippen molar-refractivity contribution in [1.29, 1.82) is 0 Å². The van der Waals surface area contributed by atoms with Crippen LogP contribution >= 0.6 is 63.0 Å². The molecule has 6 nitrogen and oxygen atoms in total. The molecule has 0 aliphatic carbocycles. The van der Waals surface area contributed by atoms with Crippen molar-refractivity contribution in [1.82, 2.24) is 10.6 Å². The van der Waals surface area contributed by atoms with E-state index in [0.29, 0.717) is 21.3 Å². The minimum Gasteiger partial charge on any atom is -0.339 e. The largest absolute Gasteiger partial charge is 0.339 e. The average Bonchev–Trinajstić information content (AvgIpc) is 2.67. The van der Waals surface area contributed by atoms with Gasteiger partial charge in [-0.3, -0.25) is 9.59 Å². The number of anilines is 1. The molecule has 0 saturated heterocycles. The van der Waals surface area contributed by atoms with E-state index in [-0.39, 0.29) is 17.4 Å². The van der Waals surface area contributed by atoms with Crippen molar-refractivity contribution in [3.05, 3.63) is 64.1 Å². The Morgan fingerprint density at radius 2 is 1.69 bits per heavy atom. The molecule has 0 saturated carbocycles. The minimum atomic E-state index is -1.89. The Labute approximate surface area is 196 Å². The lowest BCUT2D eigenvalue weighted by molar-refractivity contribution is 0.0933. The molecule has 2 aromatic rings. The molecule has 11 heteroatoms. The molecular weight excluding hydrogens is 523 g/mol. The maximum absolute atomic E-state index is 12.5. The van der Waals surface area contributed by atoms with Crippen molar-refractivity contribution in [2.75, 3.05) is 11.9 Å². The zero-order valence-electron chi connectivity index (χ0n) is 14.7. The average molecular weight is 539 g/mol. The molecule has 0 aromatic heterocycles. The predicted octanol–water partition coefficient (Wildman–Crippen LogP) is 4.00. The number of nitrogens with two attached hydrogens (primary N) is 1. The number of ketones is 1. The van der Waals surface area contributed by atoms with Crippen LogP contribution in [0.15, 0.2) is 53.0 Å². The number of Topliss-reactive ketones (excluding diaryl/α,β-unsaturated/α-hetero) is 1. The van der Waals surface area contributed by atoms with E-state index in [4.69, 9.17) is 52.8 Å². The third kappa shape index (κ3) is 7.09. The van der Waals surface area contributed by atoms with Gasteiger partial charge in [-0.25, -0.2) is 0 Å². The summed E-state index contributed by atoms with van der Waals surface area (Å²) in [5.74, 6) is -0.642. The van der Waals surface area contributed by atoms with Gasteiger partial charge in [0.15, 0.2) is 10.9 Å². The van der Waals surface area contributed by atoms with Gasteiger partial charge in [-0.15, -0.1) is 0 Å². The molecule has 5 N–H and O–H groups in total. The van der Waals surface area contributed by atoms with Gasteiger partial charge in [-0.2, -0.15) is 0 Å². The Balaban J connectivity index is 2.06. The zero-order chi connectivity index (χ0) is 21.6. The molecular formula is C18H16BrCl3N4O2S. The van der Waals surface area contributed by atoms with Crippen molar-refractivity contribution in [3.8, 4) is 0 Å². The van der Waals surface area contributed by atoms with E-state index in [0.717, 1.165) is 0 Å². The summed E-state index contributed by atoms with van der Waals surface area (Å²) in [6.07, 6.45) is -1.12. The van der Waals surface area contributed by atoms with Gasteiger partial charge in [0, 0.05) is 15.7 Å². The monoisotopic (exact) mass is 536 g/mol. The van der Waals surface area contributed by atoms with Gasteiger partial charge in [0.1, 0.15) is 6.17 Å². The van der Waals surface area contributed by atoms with Gasteiger partial charge in [-0.1, -0.05) is 46.9 Å². The smallest absolute Gasteiger partial charge is 0.254 e. The van der Waals surface area contributed by atoms with Crippen LogP contribution in [-0.2, 0) is 0 Å². The lowest BCUT2D eigenvalue weighted by Gasteiger charge is -2.28. The first kappa shape index (κ1) is 23.9. The number of alkyl halides is 3. The van der Waals surface area contributed by atoms with Crippen LogP contribution in [0.1, 0.15) is 20.7 Å². The minimum absolute atomic E-state index is 0.0745. The molecule has 0 fully saturated rings. The first-order valence-corrected chi connectivity index (χ1v) is 10.5. The van der Waals surface area contributed by atoms with Crippen molar-refractivity contribution in [3.63, 3.8) is 0 Å². The number of halogens is 4. The molecule has 1 unspecified atom stereocenters. The molecule has 2 rings (SSSR count). The highest BCUT2D eigenvalue weighted by molar-refractivity contribution is 9.10. The van der Waals surface area contributed by atoms with Crippen molar-refractivity contribution in [2.45, 2.75) is 9.96 Å². The van der Waals surface area contributed by atoms with Crippen LogP contribution in [0.25, 0.3) is 0 Å². The second-order valence-corrected chi connectivity index (χ2v) is 9.36. The molecule has 29 heavy (non-hydrogen) atoms. The van der Waals surface area contributed by atoms with Crippen LogP contribution < -0.4 is 21.7 Å². The van der Waals surface area contributed by atoms with E-state index in [1.165, 1.54) is 0 Å². The summed E-state index contributed by atoms with van der Waals surface area (Å²) in [5.41, 5.74) is 6.78. The van der Waals surface area contributed by atoms with Crippen LogP contribution in [-0.4, -0.2) is 33.3 Å². The van der Waals surface area contributed by atoms with Crippen LogP contribution in [0.2, 0.25) is 0 Å². The second-order valence-electron chi connectivity index (χ2n) is 5.73. The van der Waals surface area contributed by atoms with E-state index in [1.54, 1.807) is 48.5 Å². The highest BCUT2D eigenvalue weighted by Crippen LogP contribution is 2.29. The number of hydrogen-bond donors (Lipinski definition) is 4. The third-order valence-electron chi connectivity index (χ3n) is 3.65. The van der Waals surface area contributed by atoms with Crippen LogP contribution in [0.3, 0.4) is 0 Å². The van der Waals surface area contributed by atoms with E-state index in [9.17, 15) is 9.59 Å². The standard InChI is InChI=1S/C18H16BrCl3N4O2S/c19-13-4-2-1-3-12(13)15(28)25-16(18(20,21)22)26-17(29)24-11-7-5-10(6-8-11)14(27)9-23/h1-8,16H,9,23H2,(H,25,28)(H2,24,26,29). The SMILES string of the molecule is NCC(=O)c1ccc(NC(=S)NC(NC(=O)c2ccccc2Br)C(Cl)(Cl)Cl)cc1. The van der Waals surface area contributed by atoms with Crippen molar-refractivity contribution in [2.24, 2.45) is 5.73 Å². The maximum atomic E-state index is 12.5. The molecule has 0 spiro atoms. The highest BCUT2D eigenvalue weighted by atomic mass is 79.9. The third-order valence-corrected chi connectivity index (χ3v) is 5.21. The topological polar surface area (TPSA) is 96.2 Å². The summed E-state index contributed by atoms with van der Waals surface area (Å²) in [6, 6.07) is 13.4. The lowest BCUT2D eigenvalue weighted by Crippen LogP contribution is -2.56. The summed E-state index contributed by atoms with van der Waals surface area (Å²) in [6.45, 7) is -0.0745. The van der Waals surface area contributed by atoms with E-state index >= 15 is 0 Å². The van der Waals surface area contributed by atoms with Gasteiger partial charge >= 0.3 is 0 Å². The van der Waals surface area contributed by atoms with Crippen LogP contribution in [0.4, 0.5) is 5.69 Å². The fourth-order valence-corrected chi connectivity index (χ4v) is 3.24. The quantitative estimate of drug-likeness (QED) is 0.192. The fraction of sp³-hybridized carbons (Fsp3) is 0.167. The van der Waals surface area contributed by atoms with Crippen molar-refractivity contribution < 1.29 is 9.59 Å². The first-order valence-electron chi connectivity index (χ1n) is 8.14. The molecule has 1 atom stereocenters. The maximum Gasteiger partial charge on any atom is 0.254 e. The van der Waals surface area contributed by atoms with E-state index < -0.39 is 15.9 Å². The zero-order valence-corrected chi connectivity index (χ0v) is 19.4. The fourth-order valence-electron chi connectivity index (χ4n) is 2.21. The van der Waals surface area contributed by atoms with Gasteiger partial charge in [0.05, 0.1) is 12.1 Å². The number of benzene rings is 2. The molecule has 0 aliphatic heterocycles. The highest BCUT2D eigenvalue weighted by Gasteiger charge is 2.35. The van der Waals surface area contributed by atoms with E-state index in [1.807, 2.05) is 0 Å². The Bertz CT molecular complexity index is 907. The molecule has 0 bridgehead atoms. The van der Waals surface area contributed by atoms with E-state index in [2.05, 4.69) is 31.9 Å². The normalized spacial score (nSPS) is 12.0. The Morgan fingerprint density at radius 1 is 1.07 bits per heavy atom. The molecule has 154 valence electrons. The van der Waals surface area contributed by atoms with Crippen molar-refractivity contribution >= 4 is 85.4 Å². The molecule has 2 aromatic carbocycles. The molecule has 0 heterocycles. The van der Waals surface area contributed by atoms with Gasteiger partial charge < -0.3 is 21.7 Å². The van der Waals surface area contributed by atoms with Crippen LogP contribution in [0.5, 0.6) is 0 Å². The summed E-state index contributed by atoms with van der Waals surface area (Å²) in [4.78, 5) is 24.1. The molecule has 0 aliphatic rings. The van der Waals surface area contributed by atoms with Crippen LogP contribution in [0, 0.1) is 0 Å². The molecule has 0 radical (unpaired) electrons. The Morgan fingerprint density at radius 3 is 2.24 bits per heavy atom. The lowest BCUT2D eigenvalue weighted by atomic mass is 10.1. The number of carbonyl (C=O) groups is 2. The first-order chi connectivity index (χ1) is 13.6. The number of amides is 1. The predicted molar refractivity (Wildman–Crippen MR) is 125 cm³/mol. The number of nitrogens with one attached hydrogen (secondary N) is 3. The Hall–Kier alpha value is -1.42. The summed E-state index contributed by atoms with van der Waals surface area (Å²) in [7, 11) is 0. The summed E-state index contributed by atoms with van der Waals surface area (Å²) < 4.78 is -1.30. The molecule has 1 amide bonds. The van der Waals surface area contributed by atoms with Gasteiger partial charge in [0.25, 0.3) is 5.91 Å².